The van der Waals surface area contributed by atoms with E-state index >= 15 is 0 Å². The van der Waals surface area contributed by atoms with E-state index in [-0.39, 0.29) is 30.6 Å². The molecule has 0 fully saturated rings. The number of Topliss-reactive ketones (excluding diaryl/α,β-unsaturated/α-hetero) is 2. The molecular weight excluding hydrogens is 334 g/mol. The van der Waals surface area contributed by atoms with Crippen LogP contribution < -0.4 is 4.74 Å². The van der Waals surface area contributed by atoms with Crippen LogP contribution in [0.15, 0.2) is 30.3 Å². The topological polar surface area (TPSA) is 74.6 Å². The van der Waals surface area contributed by atoms with Crippen LogP contribution >= 0.6 is 0 Å². The number of ketones is 2. The van der Waals surface area contributed by atoms with Crippen molar-refractivity contribution in [1.29, 1.82) is 0 Å². The van der Waals surface area contributed by atoms with Crippen LogP contribution in [-0.2, 0) is 16.1 Å². The molecule has 0 amide bonds. The molecule has 6 nitrogen and oxygen atoms in total. The van der Waals surface area contributed by atoms with Crippen LogP contribution in [0.3, 0.4) is 0 Å². The van der Waals surface area contributed by atoms with Crippen molar-refractivity contribution in [2.45, 2.75) is 33.7 Å². The van der Waals surface area contributed by atoms with Crippen LogP contribution in [-0.4, -0.2) is 35.8 Å². The summed E-state index contributed by atoms with van der Waals surface area (Å²) in [5.41, 5.74) is 2.79. The van der Waals surface area contributed by atoms with Crippen LogP contribution in [0.4, 0.5) is 0 Å². The number of aryl methyl sites for hydroxylation is 1. The smallest absolute Gasteiger partial charge is 0.307 e. The lowest BCUT2D eigenvalue weighted by molar-refractivity contribution is -0.140. The highest BCUT2D eigenvalue weighted by Gasteiger charge is 2.17. The molecule has 0 bridgehead atoms. The molecule has 2 rings (SSSR count). The lowest BCUT2D eigenvalue weighted by Gasteiger charge is -2.09. The molecule has 0 spiro atoms. The first-order valence-corrected chi connectivity index (χ1v) is 8.34. The highest BCUT2D eigenvalue weighted by atomic mass is 16.5. The number of benzene rings is 1. The fourth-order valence-electron chi connectivity index (χ4n) is 2.76. The Kier molecular flexibility index (Phi) is 6.33. The minimum absolute atomic E-state index is 0.0593. The number of esters is 1. The quantitative estimate of drug-likeness (QED) is 0.536. The largest absolute Gasteiger partial charge is 0.485 e. The Morgan fingerprint density at radius 2 is 1.85 bits per heavy atom. The summed E-state index contributed by atoms with van der Waals surface area (Å²) >= 11 is 0. The predicted molar refractivity (Wildman–Crippen MR) is 96.8 cm³/mol. The van der Waals surface area contributed by atoms with Crippen molar-refractivity contribution < 1.29 is 23.9 Å². The van der Waals surface area contributed by atoms with Crippen LogP contribution in [0, 0.1) is 13.8 Å². The van der Waals surface area contributed by atoms with Crippen molar-refractivity contribution in [3.63, 3.8) is 0 Å². The molecule has 0 saturated heterocycles. The zero-order chi connectivity index (χ0) is 19.3. The summed E-state index contributed by atoms with van der Waals surface area (Å²) in [5.74, 6) is -0.0313. The van der Waals surface area contributed by atoms with E-state index in [9.17, 15) is 14.4 Å². The van der Waals surface area contributed by atoms with Crippen LogP contribution in [0.5, 0.6) is 5.75 Å². The Labute approximate surface area is 152 Å². The molecular formula is C20H23NO5. The van der Waals surface area contributed by atoms with E-state index in [4.69, 9.17) is 4.74 Å². The van der Waals surface area contributed by atoms with Gasteiger partial charge in [0.15, 0.2) is 12.4 Å². The molecule has 0 N–H and O–H groups in total. The van der Waals surface area contributed by atoms with Gasteiger partial charge < -0.3 is 14.0 Å². The standard InChI is InChI=1S/C20H23NO5/c1-13-10-18(14(2)21(13)9-8-20(24)25-4)19(23)12-26-17-7-5-6-16(11-17)15(3)22/h5-7,10-11H,8-9,12H2,1-4H3. The Morgan fingerprint density at radius 1 is 1.12 bits per heavy atom. The van der Waals surface area contributed by atoms with Gasteiger partial charge in [0.05, 0.1) is 13.5 Å². The molecule has 1 heterocycles. The molecule has 0 saturated carbocycles. The number of carbonyl (C=O) groups excluding carboxylic acids is 3. The van der Waals surface area contributed by atoms with Gasteiger partial charge in [-0.1, -0.05) is 12.1 Å². The molecule has 0 aliphatic carbocycles. The van der Waals surface area contributed by atoms with Gasteiger partial charge in [0.25, 0.3) is 0 Å². The molecule has 26 heavy (non-hydrogen) atoms. The van der Waals surface area contributed by atoms with Gasteiger partial charge in [-0.15, -0.1) is 0 Å². The molecule has 0 unspecified atom stereocenters. The van der Waals surface area contributed by atoms with E-state index < -0.39 is 0 Å². The summed E-state index contributed by atoms with van der Waals surface area (Å²) in [5, 5.41) is 0. The summed E-state index contributed by atoms with van der Waals surface area (Å²) in [4.78, 5) is 35.3. The average molecular weight is 357 g/mol. The first-order valence-electron chi connectivity index (χ1n) is 8.34. The maximum Gasteiger partial charge on any atom is 0.307 e. The van der Waals surface area contributed by atoms with E-state index in [0.717, 1.165) is 11.4 Å². The zero-order valence-corrected chi connectivity index (χ0v) is 15.5. The molecule has 1 aromatic carbocycles. The summed E-state index contributed by atoms with van der Waals surface area (Å²) in [6, 6.07) is 8.54. The zero-order valence-electron chi connectivity index (χ0n) is 15.5. The normalized spacial score (nSPS) is 10.5. The molecule has 6 heteroatoms. The third-order valence-electron chi connectivity index (χ3n) is 4.25. The van der Waals surface area contributed by atoms with Gasteiger partial charge in [0, 0.05) is 29.1 Å². The SMILES string of the molecule is COC(=O)CCn1c(C)cc(C(=O)COc2cccc(C(C)=O)c2)c1C. The second-order valence-electron chi connectivity index (χ2n) is 6.06. The van der Waals surface area contributed by atoms with E-state index in [1.807, 2.05) is 18.4 Å². The molecule has 0 atom stereocenters. The van der Waals surface area contributed by atoms with Crippen molar-refractivity contribution >= 4 is 17.5 Å². The van der Waals surface area contributed by atoms with Gasteiger partial charge in [-0.3, -0.25) is 14.4 Å². The third kappa shape index (κ3) is 4.59. The van der Waals surface area contributed by atoms with Gasteiger partial charge in [-0.2, -0.15) is 0 Å². The fourth-order valence-corrected chi connectivity index (χ4v) is 2.76. The number of carbonyl (C=O) groups is 3. The summed E-state index contributed by atoms with van der Waals surface area (Å²) < 4.78 is 12.1. The monoisotopic (exact) mass is 357 g/mol. The van der Waals surface area contributed by atoms with Crippen molar-refractivity contribution in [1.82, 2.24) is 4.57 Å². The van der Waals surface area contributed by atoms with Gasteiger partial charge in [0.2, 0.25) is 5.78 Å². The number of rotatable bonds is 8. The first kappa shape index (κ1) is 19.4. The molecule has 1 aromatic heterocycles. The second-order valence-corrected chi connectivity index (χ2v) is 6.06. The maximum absolute atomic E-state index is 12.5. The number of methoxy groups -OCH3 is 1. The van der Waals surface area contributed by atoms with E-state index in [1.54, 1.807) is 30.3 Å². The van der Waals surface area contributed by atoms with Gasteiger partial charge in [0.1, 0.15) is 5.75 Å². The summed E-state index contributed by atoms with van der Waals surface area (Å²) in [7, 11) is 1.35. The van der Waals surface area contributed by atoms with Crippen molar-refractivity contribution in [2.24, 2.45) is 0 Å². The van der Waals surface area contributed by atoms with Crippen molar-refractivity contribution in [3.8, 4) is 5.75 Å². The van der Waals surface area contributed by atoms with Crippen LogP contribution in [0.1, 0.15) is 45.4 Å². The molecule has 2 aromatic rings. The Morgan fingerprint density at radius 3 is 2.50 bits per heavy atom. The summed E-state index contributed by atoms with van der Waals surface area (Å²) in [6.45, 7) is 5.54. The third-order valence-corrected chi connectivity index (χ3v) is 4.25. The molecule has 0 radical (unpaired) electrons. The maximum atomic E-state index is 12.5. The lowest BCUT2D eigenvalue weighted by atomic mass is 10.1. The number of aromatic nitrogens is 1. The number of ether oxygens (including phenoxy) is 2. The van der Waals surface area contributed by atoms with Gasteiger partial charge in [-0.25, -0.2) is 0 Å². The highest BCUT2D eigenvalue weighted by molar-refractivity contribution is 5.98. The minimum atomic E-state index is -0.293. The number of nitrogens with zero attached hydrogens (tertiary/aromatic N) is 1. The highest BCUT2D eigenvalue weighted by Crippen LogP contribution is 2.18. The van der Waals surface area contributed by atoms with Crippen LogP contribution in [0.25, 0.3) is 0 Å². The van der Waals surface area contributed by atoms with Gasteiger partial charge >= 0.3 is 5.97 Å². The van der Waals surface area contributed by atoms with Gasteiger partial charge in [-0.05, 0) is 39.0 Å². The fraction of sp³-hybridized carbons (Fsp3) is 0.350. The summed E-state index contributed by atoms with van der Waals surface area (Å²) in [6.07, 6.45) is 0.245. The van der Waals surface area contributed by atoms with E-state index in [0.29, 0.717) is 23.4 Å². The Balaban J connectivity index is 2.07. The van der Waals surface area contributed by atoms with Crippen molar-refractivity contribution in [2.75, 3.05) is 13.7 Å². The predicted octanol–water partition coefficient (Wildman–Crippen LogP) is 3.13. The molecule has 0 aliphatic rings. The number of hydrogen-bond acceptors (Lipinski definition) is 5. The lowest BCUT2D eigenvalue weighted by Crippen LogP contribution is -2.14. The average Bonchev–Trinajstić information content (AvgIpc) is 2.91. The van der Waals surface area contributed by atoms with Crippen LogP contribution in [0.2, 0.25) is 0 Å². The first-order chi connectivity index (χ1) is 12.3. The van der Waals surface area contributed by atoms with E-state index in [1.165, 1.54) is 14.0 Å². The Bertz CT molecular complexity index is 835. The van der Waals surface area contributed by atoms with Crippen molar-refractivity contribution in [3.05, 3.63) is 52.8 Å². The molecule has 0 aliphatic heterocycles. The second kappa shape index (κ2) is 8.47. The minimum Gasteiger partial charge on any atom is -0.485 e. The number of hydrogen-bond donors (Lipinski definition) is 0. The Hall–Kier alpha value is -2.89. The molecule has 138 valence electrons. The van der Waals surface area contributed by atoms with E-state index in [2.05, 4.69) is 4.74 Å².